The average molecular weight is 642 g/mol. The number of ether oxygens (including phenoxy) is 4. The summed E-state index contributed by atoms with van der Waals surface area (Å²) in [5.41, 5.74) is 3.84. The first-order valence-corrected chi connectivity index (χ1v) is 15.4. The van der Waals surface area contributed by atoms with Gasteiger partial charge in [-0.2, -0.15) is 0 Å². The number of hydrogen-bond acceptors (Lipinski definition) is 9. The molecule has 2 unspecified atom stereocenters. The van der Waals surface area contributed by atoms with E-state index in [4.69, 9.17) is 28.9 Å². The molecule has 0 amide bonds. The molecule has 47 heavy (non-hydrogen) atoms. The van der Waals surface area contributed by atoms with E-state index in [9.17, 15) is 8.78 Å². The number of methoxy groups -OCH3 is 2. The third-order valence-electron chi connectivity index (χ3n) is 7.93. The molecule has 0 fully saturated rings. The molecule has 0 aromatic heterocycles. The quantitative estimate of drug-likeness (QED) is 0.210. The van der Waals surface area contributed by atoms with E-state index in [1.54, 1.807) is 24.3 Å². The van der Waals surface area contributed by atoms with Crippen LogP contribution in [0.15, 0.2) is 107 Å². The first-order chi connectivity index (χ1) is 23.0. The number of benzene rings is 4. The lowest BCUT2D eigenvalue weighted by Gasteiger charge is -2.27. The molecule has 4 aromatic carbocycles. The molecular formula is C36H37F2N5O4. The van der Waals surface area contributed by atoms with Crippen molar-refractivity contribution in [2.75, 3.05) is 50.3 Å². The molecule has 6 rings (SSSR count). The Morgan fingerprint density at radius 2 is 1.09 bits per heavy atom. The first-order valence-electron chi connectivity index (χ1n) is 15.4. The van der Waals surface area contributed by atoms with Gasteiger partial charge < -0.3 is 28.7 Å². The van der Waals surface area contributed by atoms with Crippen molar-refractivity contribution in [2.24, 2.45) is 9.98 Å². The summed E-state index contributed by atoms with van der Waals surface area (Å²) in [6.45, 7) is 2.98. The van der Waals surface area contributed by atoms with Crippen molar-refractivity contribution in [3.63, 3.8) is 0 Å². The van der Waals surface area contributed by atoms with Crippen LogP contribution in [0.25, 0.3) is 0 Å². The maximum absolute atomic E-state index is 14.2. The molecule has 0 saturated heterocycles. The molecule has 0 spiro atoms. The van der Waals surface area contributed by atoms with Crippen LogP contribution in [-0.2, 0) is 22.6 Å². The van der Waals surface area contributed by atoms with Crippen molar-refractivity contribution in [3.05, 3.63) is 120 Å². The van der Waals surface area contributed by atoms with Crippen molar-refractivity contribution >= 4 is 23.4 Å². The maximum atomic E-state index is 14.2. The van der Waals surface area contributed by atoms with E-state index in [1.807, 2.05) is 36.4 Å². The van der Waals surface area contributed by atoms with Gasteiger partial charge in [0.15, 0.2) is 23.1 Å². The smallest absolute Gasteiger partial charge is 0.293 e. The molecule has 0 bridgehead atoms. The van der Waals surface area contributed by atoms with Gasteiger partial charge in [-0.1, -0.05) is 60.7 Å². The highest BCUT2D eigenvalue weighted by Gasteiger charge is 2.28. The number of anilines is 2. The lowest BCUT2D eigenvalue weighted by molar-refractivity contribution is 0.291. The minimum absolute atomic E-state index is 0.181. The van der Waals surface area contributed by atoms with Crippen LogP contribution in [0.1, 0.15) is 11.1 Å². The summed E-state index contributed by atoms with van der Waals surface area (Å²) in [6, 6.07) is 30.1. The summed E-state index contributed by atoms with van der Waals surface area (Å²) in [6.07, 6.45) is 0. The van der Waals surface area contributed by atoms with Gasteiger partial charge in [-0.15, -0.1) is 0 Å². The zero-order valence-electron chi connectivity index (χ0n) is 26.3. The lowest BCUT2D eigenvalue weighted by Crippen LogP contribution is -2.32. The Kier molecular flexibility index (Phi) is 10.00. The summed E-state index contributed by atoms with van der Waals surface area (Å²) in [5, 5.41) is 3.09. The molecule has 244 valence electrons. The number of nitrogens with one attached hydrogen (secondary N) is 1. The Morgan fingerprint density at radius 3 is 1.49 bits per heavy atom. The standard InChI is InChI=1S/C36H37F2N5O4/c1-44-33-17-29(13-15-31(33)37)42(19-25-9-5-3-6-10-25)21-27-23-46-35(39-27)41-36-40-28(24-47-36)22-43(20-26-11-7-4-8-12-26)30-14-16-32(38)34(18-30)45-2/h3-18,27-28H,19-24H2,1-2H3,(H,39,40,41). The molecule has 1 N–H and O–H groups in total. The van der Waals surface area contributed by atoms with Crippen LogP contribution < -0.4 is 24.6 Å². The third kappa shape index (κ3) is 8.10. The summed E-state index contributed by atoms with van der Waals surface area (Å²) in [5.74, 6) is -0.469. The van der Waals surface area contributed by atoms with E-state index in [2.05, 4.69) is 39.4 Å². The fraction of sp³-hybridized carbons (Fsp3) is 0.278. The lowest BCUT2D eigenvalue weighted by atomic mass is 10.1. The molecule has 0 saturated carbocycles. The summed E-state index contributed by atoms with van der Waals surface area (Å²) in [4.78, 5) is 13.8. The molecule has 2 aliphatic heterocycles. The minimum Gasteiger partial charge on any atom is -0.494 e. The molecule has 11 heteroatoms. The van der Waals surface area contributed by atoms with Crippen LogP contribution in [0.4, 0.5) is 20.2 Å². The number of halogens is 2. The molecule has 4 aromatic rings. The Hall–Kier alpha value is -5.32. The van der Waals surface area contributed by atoms with Gasteiger partial charge in [0.25, 0.3) is 12.0 Å². The first kappa shape index (κ1) is 31.7. The maximum Gasteiger partial charge on any atom is 0.293 e. The van der Waals surface area contributed by atoms with Crippen LogP contribution in [0.2, 0.25) is 0 Å². The fourth-order valence-electron chi connectivity index (χ4n) is 5.58. The summed E-state index contributed by atoms with van der Waals surface area (Å²) < 4.78 is 50.6. The van der Waals surface area contributed by atoms with Crippen molar-refractivity contribution in [1.29, 1.82) is 0 Å². The fourth-order valence-corrected chi connectivity index (χ4v) is 5.58. The normalized spacial score (nSPS) is 16.9. The van der Waals surface area contributed by atoms with E-state index in [1.165, 1.54) is 26.4 Å². The Bertz CT molecular complexity index is 1580. The number of amidine groups is 2. The van der Waals surface area contributed by atoms with Crippen molar-refractivity contribution in [3.8, 4) is 11.5 Å². The summed E-state index contributed by atoms with van der Waals surface area (Å²) >= 11 is 0. The number of nitrogens with zero attached hydrogens (tertiary/aromatic N) is 4. The Morgan fingerprint density at radius 1 is 0.660 bits per heavy atom. The van der Waals surface area contributed by atoms with Gasteiger partial charge >= 0.3 is 0 Å². The number of rotatable bonds is 12. The van der Waals surface area contributed by atoms with E-state index >= 15 is 0 Å². The van der Waals surface area contributed by atoms with E-state index in [0.29, 0.717) is 51.4 Å². The molecule has 2 atom stereocenters. The van der Waals surface area contributed by atoms with Crippen LogP contribution in [-0.4, -0.2) is 64.6 Å². The highest BCUT2D eigenvalue weighted by Crippen LogP contribution is 2.28. The van der Waals surface area contributed by atoms with Crippen LogP contribution >= 0.6 is 0 Å². The predicted molar refractivity (Wildman–Crippen MR) is 178 cm³/mol. The third-order valence-corrected chi connectivity index (χ3v) is 7.93. The number of aliphatic imine (C=N–C) groups is 2. The van der Waals surface area contributed by atoms with Gasteiger partial charge in [0.2, 0.25) is 0 Å². The zero-order chi connectivity index (χ0) is 32.6. The van der Waals surface area contributed by atoms with Crippen molar-refractivity contribution < 1.29 is 27.7 Å². The number of hydrogen-bond donors (Lipinski definition) is 1. The van der Waals surface area contributed by atoms with Crippen molar-refractivity contribution in [2.45, 2.75) is 25.2 Å². The SMILES string of the molecule is COc1cc(N(Cc2ccccc2)CC2COC(NC3=NC(CN(Cc4ccccc4)c4ccc(F)c(OC)c4)CO3)=N2)ccc1F. The highest BCUT2D eigenvalue weighted by molar-refractivity contribution is 5.94. The molecule has 0 aliphatic carbocycles. The Labute approximate surface area is 273 Å². The van der Waals surface area contributed by atoms with Crippen LogP contribution in [0.3, 0.4) is 0 Å². The van der Waals surface area contributed by atoms with Gasteiger partial charge in [0.05, 0.1) is 14.2 Å². The molecular weight excluding hydrogens is 604 g/mol. The second-order valence-corrected chi connectivity index (χ2v) is 11.3. The van der Waals surface area contributed by atoms with Crippen molar-refractivity contribution in [1.82, 2.24) is 5.32 Å². The van der Waals surface area contributed by atoms with Gasteiger partial charge in [0, 0.05) is 49.7 Å². The summed E-state index contributed by atoms with van der Waals surface area (Å²) in [7, 11) is 2.91. The molecule has 9 nitrogen and oxygen atoms in total. The minimum atomic E-state index is -0.416. The van der Waals surface area contributed by atoms with E-state index in [0.717, 1.165) is 22.5 Å². The van der Waals surface area contributed by atoms with E-state index < -0.39 is 11.6 Å². The van der Waals surface area contributed by atoms with Crippen LogP contribution in [0, 0.1) is 11.6 Å². The van der Waals surface area contributed by atoms with Crippen LogP contribution in [0.5, 0.6) is 11.5 Å². The zero-order valence-corrected chi connectivity index (χ0v) is 26.3. The topological polar surface area (TPSA) is 80.2 Å². The molecule has 2 aliphatic rings. The largest absolute Gasteiger partial charge is 0.494 e. The Balaban J connectivity index is 1.13. The van der Waals surface area contributed by atoms with Gasteiger partial charge in [-0.05, 0) is 35.4 Å². The molecule has 0 radical (unpaired) electrons. The van der Waals surface area contributed by atoms with E-state index in [-0.39, 0.29) is 23.6 Å². The molecule has 2 heterocycles. The second kappa shape index (κ2) is 14.8. The highest BCUT2D eigenvalue weighted by atomic mass is 19.1. The second-order valence-electron chi connectivity index (χ2n) is 11.3. The predicted octanol–water partition coefficient (Wildman–Crippen LogP) is 5.79. The van der Waals surface area contributed by atoms with Gasteiger partial charge in [-0.3, -0.25) is 5.32 Å². The monoisotopic (exact) mass is 641 g/mol. The van der Waals surface area contributed by atoms with Gasteiger partial charge in [0.1, 0.15) is 25.3 Å². The van der Waals surface area contributed by atoms with Gasteiger partial charge in [-0.25, -0.2) is 18.8 Å². The average Bonchev–Trinajstić information content (AvgIpc) is 3.74.